The van der Waals surface area contributed by atoms with Crippen LogP contribution in [0.4, 0.5) is 5.69 Å². The number of ether oxygens (including phenoxy) is 1. The Hall–Kier alpha value is -1.39. The van der Waals surface area contributed by atoms with Crippen molar-refractivity contribution in [3.63, 3.8) is 0 Å². The molecule has 1 aromatic carbocycles. The van der Waals surface area contributed by atoms with Crippen LogP contribution in [0.15, 0.2) is 24.3 Å². The second kappa shape index (κ2) is 8.02. The highest BCUT2D eigenvalue weighted by molar-refractivity contribution is 5.91. The molecule has 20 heavy (non-hydrogen) atoms. The zero-order valence-corrected chi connectivity index (χ0v) is 13.0. The van der Waals surface area contributed by atoms with E-state index in [0.717, 1.165) is 17.7 Å². The molecule has 112 valence electrons. The van der Waals surface area contributed by atoms with Gasteiger partial charge in [0, 0.05) is 31.3 Å². The molecule has 0 heterocycles. The van der Waals surface area contributed by atoms with Crippen LogP contribution < -0.4 is 10.6 Å². The molecule has 0 atom stereocenters. The van der Waals surface area contributed by atoms with E-state index >= 15 is 0 Å². The Labute approximate surface area is 121 Å². The summed E-state index contributed by atoms with van der Waals surface area (Å²) in [7, 11) is 1.68. The number of carbonyl (C=O) groups excluding carboxylic acids is 1. The van der Waals surface area contributed by atoms with Gasteiger partial charge in [-0.3, -0.25) is 4.79 Å². The lowest BCUT2D eigenvalue weighted by Gasteiger charge is -2.20. The normalized spacial score (nSPS) is 11.4. The maximum atomic E-state index is 11.9. The molecular formula is C16H26N2O2. The summed E-state index contributed by atoms with van der Waals surface area (Å²) in [5.74, 6) is 0.0339. The van der Waals surface area contributed by atoms with Crippen LogP contribution >= 0.6 is 0 Å². The fourth-order valence-corrected chi connectivity index (χ4v) is 1.84. The van der Waals surface area contributed by atoms with E-state index in [-0.39, 0.29) is 11.4 Å². The zero-order valence-electron chi connectivity index (χ0n) is 13.0. The SMILES string of the molecule is COCCc1ccccc1NC(=O)CCNC(C)(C)C. The van der Waals surface area contributed by atoms with Crippen LogP contribution in [-0.4, -0.2) is 31.7 Å². The van der Waals surface area contributed by atoms with Crippen LogP contribution in [0.2, 0.25) is 0 Å². The third-order valence-corrected chi connectivity index (χ3v) is 2.87. The van der Waals surface area contributed by atoms with Crippen LogP contribution in [0.1, 0.15) is 32.8 Å². The molecule has 0 unspecified atom stereocenters. The maximum Gasteiger partial charge on any atom is 0.225 e. The predicted molar refractivity (Wildman–Crippen MR) is 83.0 cm³/mol. The second-order valence-corrected chi connectivity index (χ2v) is 5.87. The molecule has 0 aliphatic carbocycles. The number of methoxy groups -OCH3 is 1. The van der Waals surface area contributed by atoms with Crippen molar-refractivity contribution in [2.75, 3.05) is 25.6 Å². The summed E-state index contributed by atoms with van der Waals surface area (Å²) in [4.78, 5) is 11.9. The molecule has 2 N–H and O–H groups in total. The molecule has 4 nitrogen and oxygen atoms in total. The monoisotopic (exact) mass is 278 g/mol. The molecule has 1 amide bonds. The standard InChI is InChI=1S/C16H26N2O2/c1-16(2,3)17-11-9-15(19)18-14-8-6-5-7-13(14)10-12-20-4/h5-8,17H,9-12H2,1-4H3,(H,18,19). The quantitative estimate of drug-likeness (QED) is 0.806. The largest absolute Gasteiger partial charge is 0.384 e. The van der Waals surface area contributed by atoms with Crippen molar-refractivity contribution in [3.05, 3.63) is 29.8 Å². The minimum Gasteiger partial charge on any atom is -0.384 e. The first-order chi connectivity index (χ1) is 9.42. The molecule has 0 saturated heterocycles. The number of rotatable bonds is 7. The minimum absolute atomic E-state index is 0.0339. The molecule has 0 spiro atoms. The number of carbonyl (C=O) groups is 1. The van der Waals surface area contributed by atoms with Gasteiger partial charge in [-0.25, -0.2) is 0 Å². The molecule has 1 rings (SSSR count). The Morgan fingerprint density at radius 1 is 1.25 bits per heavy atom. The Bertz CT molecular complexity index is 425. The van der Waals surface area contributed by atoms with Gasteiger partial charge in [-0.1, -0.05) is 18.2 Å². The Morgan fingerprint density at radius 2 is 1.95 bits per heavy atom. The highest BCUT2D eigenvalue weighted by atomic mass is 16.5. The fourth-order valence-electron chi connectivity index (χ4n) is 1.84. The van der Waals surface area contributed by atoms with Gasteiger partial charge in [0.1, 0.15) is 0 Å². The van der Waals surface area contributed by atoms with Gasteiger partial charge in [0.25, 0.3) is 0 Å². The molecule has 0 fully saturated rings. The first-order valence-corrected chi connectivity index (χ1v) is 7.04. The van der Waals surface area contributed by atoms with Gasteiger partial charge in [0.15, 0.2) is 0 Å². The van der Waals surface area contributed by atoms with Gasteiger partial charge in [-0.2, -0.15) is 0 Å². The number of amides is 1. The average Bonchev–Trinajstić information content (AvgIpc) is 2.36. The van der Waals surface area contributed by atoms with E-state index in [4.69, 9.17) is 4.74 Å². The van der Waals surface area contributed by atoms with Crippen LogP contribution in [-0.2, 0) is 16.0 Å². The Balaban J connectivity index is 2.49. The molecule has 0 bridgehead atoms. The molecule has 0 aliphatic rings. The molecule has 0 radical (unpaired) electrons. The Morgan fingerprint density at radius 3 is 2.60 bits per heavy atom. The van der Waals surface area contributed by atoms with Crippen molar-refractivity contribution in [2.24, 2.45) is 0 Å². The fraction of sp³-hybridized carbons (Fsp3) is 0.562. The summed E-state index contributed by atoms with van der Waals surface area (Å²) in [5, 5.41) is 6.28. The number of nitrogens with one attached hydrogen (secondary N) is 2. The third kappa shape index (κ3) is 6.68. The van der Waals surface area contributed by atoms with E-state index in [1.165, 1.54) is 0 Å². The highest BCUT2D eigenvalue weighted by Crippen LogP contribution is 2.16. The van der Waals surface area contributed by atoms with E-state index in [0.29, 0.717) is 19.6 Å². The van der Waals surface area contributed by atoms with E-state index in [2.05, 4.69) is 31.4 Å². The van der Waals surface area contributed by atoms with Crippen LogP contribution in [0.3, 0.4) is 0 Å². The predicted octanol–water partition coefficient (Wildman–Crippen LogP) is 2.59. The molecule has 0 aliphatic heterocycles. The van der Waals surface area contributed by atoms with Gasteiger partial charge in [-0.15, -0.1) is 0 Å². The van der Waals surface area contributed by atoms with Gasteiger partial charge in [0.05, 0.1) is 6.61 Å². The first kappa shape index (κ1) is 16.7. The van der Waals surface area contributed by atoms with Gasteiger partial charge < -0.3 is 15.4 Å². The molecule has 4 heteroatoms. The number of hydrogen-bond donors (Lipinski definition) is 2. The first-order valence-electron chi connectivity index (χ1n) is 7.04. The lowest BCUT2D eigenvalue weighted by molar-refractivity contribution is -0.116. The summed E-state index contributed by atoms with van der Waals surface area (Å²) in [6, 6.07) is 7.85. The number of anilines is 1. The molecular weight excluding hydrogens is 252 g/mol. The summed E-state index contributed by atoms with van der Waals surface area (Å²) >= 11 is 0. The van der Waals surface area contributed by atoms with Crippen molar-refractivity contribution in [2.45, 2.75) is 39.2 Å². The van der Waals surface area contributed by atoms with E-state index in [1.54, 1.807) is 7.11 Å². The van der Waals surface area contributed by atoms with Crippen molar-refractivity contribution in [1.82, 2.24) is 5.32 Å². The Kier molecular flexibility index (Phi) is 6.68. The molecule has 0 aromatic heterocycles. The lowest BCUT2D eigenvalue weighted by Crippen LogP contribution is -2.37. The van der Waals surface area contributed by atoms with E-state index < -0.39 is 0 Å². The summed E-state index contributed by atoms with van der Waals surface area (Å²) in [6.45, 7) is 7.59. The smallest absolute Gasteiger partial charge is 0.225 e. The summed E-state index contributed by atoms with van der Waals surface area (Å²) in [6.07, 6.45) is 1.27. The van der Waals surface area contributed by atoms with Crippen molar-refractivity contribution in [3.8, 4) is 0 Å². The number of benzene rings is 1. The van der Waals surface area contributed by atoms with Crippen molar-refractivity contribution in [1.29, 1.82) is 0 Å². The van der Waals surface area contributed by atoms with Gasteiger partial charge in [0.2, 0.25) is 5.91 Å². The maximum absolute atomic E-state index is 11.9. The minimum atomic E-state index is 0.0339. The average molecular weight is 278 g/mol. The van der Waals surface area contributed by atoms with Crippen LogP contribution in [0.5, 0.6) is 0 Å². The van der Waals surface area contributed by atoms with E-state index in [1.807, 2.05) is 24.3 Å². The van der Waals surface area contributed by atoms with Gasteiger partial charge in [-0.05, 0) is 38.8 Å². The molecule has 0 saturated carbocycles. The second-order valence-electron chi connectivity index (χ2n) is 5.87. The van der Waals surface area contributed by atoms with Crippen molar-refractivity contribution < 1.29 is 9.53 Å². The number of para-hydroxylation sites is 1. The van der Waals surface area contributed by atoms with Crippen LogP contribution in [0, 0.1) is 0 Å². The van der Waals surface area contributed by atoms with Crippen molar-refractivity contribution >= 4 is 11.6 Å². The topological polar surface area (TPSA) is 50.4 Å². The highest BCUT2D eigenvalue weighted by Gasteiger charge is 2.10. The summed E-state index contributed by atoms with van der Waals surface area (Å²) in [5.41, 5.74) is 2.02. The van der Waals surface area contributed by atoms with E-state index in [9.17, 15) is 4.79 Å². The zero-order chi connectivity index (χ0) is 15.0. The lowest BCUT2D eigenvalue weighted by atomic mass is 10.1. The third-order valence-electron chi connectivity index (χ3n) is 2.87. The van der Waals surface area contributed by atoms with Gasteiger partial charge >= 0.3 is 0 Å². The summed E-state index contributed by atoms with van der Waals surface area (Å²) < 4.78 is 5.09. The molecule has 1 aromatic rings. The number of hydrogen-bond acceptors (Lipinski definition) is 3. The van der Waals surface area contributed by atoms with Crippen LogP contribution in [0.25, 0.3) is 0 Å².